The quantitative estimate of drug-likeness (QED) is 0.165. The molecule has 3 aliphatic carbocycles. The summed E-state index contributed by atoms with van der Waals surface area (Å²) in [4.78, 5) is 65.9. The Kier molecular flexibility index (Phi) is 6.45. The van der Waals surface area contributed by atoms with Gasteiger partial charge in [-0.05, 0) is 58.8 Å². The zero-order chi connectivity index (χ0) is 29.2. The Balaban J connectivity index is 1.47. The number of hydrogen-bond acceptors (Lipinski definition) is 7. The second-order valence-electron chi connectivity index (χ2n) is 10.5. The number of imide groups is 1. The van der Waals surface area contributed by atoms with Crippen molar-refractivity contribution in [3.05, 3.63) is 110 Å². The number of nitrogens with zero attached hydrogens (tertiary/aromatic N) is 2. The molecule has 1 aliphatic heterocycles. The zero-order valence-corrected chi connectivity index (χ0v) is 23.2. The van der Waals surface area contributed by atoms with Crippen LogP contribution in [0.4, 0.5) is 11.4 Å². The Morgan fingerprint density at radius 2 is 1.80 bits per heavy atom. The van der Waals surface area contributed by atoms with E-state index in [-0.39, 0.29) is 57.2 Å². The summed E-state index contributed by atoms with van der Waals surface area (Å²) < 4.78 is 0.116. The minimum atomic E-state index is -0.805. The molecule has 0 unspecified atom stereocenters. The molecule has 41 heavy (non-hydrogen) atoms. The monoisotopic (exact) mass is 614 g/mol. The van der Waals surface area contributed by atoms with Gasteiger partial charge < -0.3 is 5.11 Å². The Bertz CT molecular complexity index is 1680. The summed E-state index contributed by atoms with van der Waals surface area (Å²) in [6.45, 7) is 3.75. The molecule has 0 saturated carbocycles. The molecule has 0 radical (unpaired) electrons. The fourth-order valence-corrected chi connectivity index (χ4v) is 7.15. The van der Waals surface area contributed by atoms with Crippen molar-refractivity contribution in [2.45, 2.75) is 25.2 Å². The van der Waals surface area contributed by atoms with E-state index in [0.29, 0.717) is 17.5 Å². The summed E-state index contributed by atoms with van der Waals surface area (Å²) in [5, 5.41) is 22.4. The predicted molar refractivity (Wildman–Crippen MR) is 152 cm³/mol. The van der Waals surface area contributed by atoms with E-state index in [1.54, 1.807) is 24.3 Å². The fraction of sp³-hybridized carbons (Fsp3) is 0.226. The molecule has 4 aliphatic rings. The first-order chi connectivity index (χ1) is 19.6. The number of amides is 2. The third-order valence-electron chi connectivity index (χ3n) is 8.48. The van der Waals surface area contributed by atoms with Crippen molar-refractivity contribution in [3.8, 4) is 5.75 Å². The van der Waals surface area contributed by atoms with Gasteiger partial charge in [-0.3, -0.25) is 34.2 Å². The van der Waals surface area contributed by atoms with E-state index < -0.39 is 40.4 Å². The number of allylic oxidation sites excluding steroid dienone is 7. The smallest absolute Gasteiger partial charge is 0.269 e. The second-order valence-corrected chi connectivity index (χ2v) is 11.4. The molecule has 1 heterocycles. The van der Waals surface area contributed by atoms with Crippen molar-refractivity contribution in [2.24, 2.45) is 17.8 Å². The van der Waals surface area contributed by atoms with Crippen molar-refractivity contribution in [3.63, 3.8) is 0 Å². The lowest BCUT2D eigenvalue weighted by Crippen LogP contribution is -2.39. The maximum Gasteiger partial charge on any atom is 0.269 e. The predicted octanol–water partition coefficient (Wildman–Crippen LogP) is 5.00. The summed E-state index contributed by atoms with van der Waals surface area (Å²) in [6, 6.07) is 10.5. The van der Waals surface area contributed by atoms with Crippen molar-refractivity contribution >= 4 is 50.7 Å². The average molecular weight is 615 g/mol. The topological polar surface area (TPSA) is 135 Å². The maximum atomic E-state index is 13.9. The molecule has 9 nitrogen and oxygen atoms in total. The van der Waals surface area contributed by atoms with E-state index in [1.165, 1.54) is 30.3 Å². The van der Waals surface area contributed by atoms with Crippen LogP contribution in [0.5, 0.6) is 5.75 Å². The van der Waals surface area contributed by atoms with Crippen LogP contribution in [-0.2, 0) is 25.6 Å². The number of para-hydroxylation sites is 1. The van der Waals surface area contributed by atoms with Gasteiger partial charge in [0.05, 0.1) is 26.9 Å². The molecule has 1 saturated heterocycles. The van der Waals surface area contributed by atoms with Crippen molar-refractivity contribution in [1.82, 2.24) is 0 Å². The SMILES string of the molecule is C=CCc1cccc([C@H]2C3=CC[C@@H]4C(=O)N(c5ccc([N+](=O)[O-])cc5)C(=O)[C@@H]4[C@@H]3CC3=C2C(=O)C=C(Br)C3=O)c1O. The lowest BCUT2D eigenvalue weighted by Gasteiger charge is -2.42. The van der Waals surface area contributed by atoms with Crippen LogP contribution in [-0.4, -0.2) is 33.4 Å². The molecule has 2 amide bonds. The van der Waals surface area contributed by atoms with E-state index in [2.05, 4.69) is 22.5 Å². The Morgan fingerprint density at radius 3 is 2.49 bits per heavy atom. The molecule has 1 N–H and O–H groups in total. The van der Waals surface area contributed by atoms with Gasteiger partial charge in [0.15, 0.2) is 11.6 Å². The Hall–Kier alpha value is -4.44. The number of ketones is 2. The Morgan fingerprint density at radius 1 is 1.07 bits per heavy atom. The van der Waals surface area contributed by atoms with Crippen LogP contribution in [0.1, 0.15) is 29.9 Å². The van der Waals surface area contributed by atoms with Crippen molar-refractivity contribution < 1.29 is 29.2 Å². The molecule has 0 bridgehead atoms. The summed E-state index contributed by atoms with van der Waals surface area (Å²) in [7, 11) is 0. The highest BCUT2D eigenvalue weighted by molar-refractivity contribution is 9.12. The molecular formula is C31H23BrN2O7. The molecule has 206 valence electrons. The van der Waals surface area contributed by atoms with Crippen LogP contribution in [0.2, 0.25) is 0 Å². The Labute approximate surface area is 242 Å². The van der Waals surface area contributed by atoms with E-state index in [4.69, 9.17) is 0 Å². The highest BCUT2D eigenvalue weighted by atomic mass is 79.9. The number of carbonyl (C=O) groups is 4. The molecule has 4 atom stereocenters. The first-order valence-electron chi connectivity index (χ1n) is 13.1. The van der Waals surface area contributed by atoms with Gasteiger partial charge in [0.25, 0.3) is 5.69 Å². The molecular weight excluding hydrogens is 592 g/mol. The van der Waals surface area contributed by atoms with Crippen LogP contribution in [0.15, 0.2) is 88.5 Å². The largest absolute Gasteiger partial charge is 0.507 e. The number of fused-ring (bicyclic) bond motifs is 3. The van der Waals surface area contributed by atoms with Crippen LogP contribution in [0, 0.1) is 27.9 Å². The van der Waals surface area contributed by atoms with Crippen LogP contribution in [0.25, 0.3) is 0 Å². The van der Waals surface area contributed by atoms with Gasteiger partial charge in [-0.15, -0.1) is 6.58 Å². The standard InChI is InChI=1S/C31H23BrN2O7/c1-2-4-15-5-3-6-19(28(15)36)25-18-11-12-20-26(21(18)13-22-27(25)24(35)14-23(32)29(22)37)31(39)33(30(20)38)16-7-9-17(10-8-16)34(40)41/h2-3,5-11,14,20-21,25-26,36H,1,4,12-13H2/t20-,21+,25+,26-/m0/s1. The molecule has 0 spiro atoms. The molecule has 10 heteroatoms. The van der Waals surface area contributed by atoms with E-state index in [0.717, 1.165) is 10.5 Å². The molecule has 2 aromatic carbocycles. The lowest BCUT2D eigenvalue weighted by atomic mass is 9.59. The van der Waals surface area contributed by atoms with Gasteiger partial charge in [-0.25, -0.2) is 0 Å². The number of aromatic hydroxyl groups is 1. The van der Waals surface area contributed by atoms with Crippen LogP contribution in [0.3, 0.4) is 0 Å². The number of phenols is 1. The highest BCUT2D eigenvalue weighted by Gasteiger charge is 2.57. The maximum absolute atomic E-state index is 13.9. The summed E-state index contributed by atoms with van der Waals surface area (Å²) >= 11 is 3.21. The lowest BCUT2D eigenvalue weighted by molar-refractivity contribution is -0.384. The second kappa shape index (κ2) is 9.88. The summed E-state index contributed by atoms with van der Waals surface area (Å²) in [5.41, 5.74) is 2.38. The number of rotatable bonds is 5. The zero-order valence-electron chi connectivity index (χ0n) is 21.6. The van der Waals surface area contributed by atoms with E-state index in [1.807, 2.05) is 6.08 Å². The van der Waals surface area contributed by atoms with E-state index >= 15 is 0 Å². The first-order valence-corrected chi connectivity index (χ1v) is 13.9. The number of Topliss-reactive ketones (excluding diaryl/α,β-unsaturated/α-hetero) is 1. The summed E-state index contributed by atoms with van der Waals surface area (Å²) in [5.74, 6) is -4.45. The van der Waals surface area contributed by atoms with Crippen LogP contribution >= 0.6 is 15.9 Å². The first kappa shape index (κ1) is 26.8. The fourth-order valence-electron chi connectivity index (χ4n) is 6.70. The van der Waals surface area contributed by atoms with Gasteiger partial charge in [-0.2, -0.15) is 0 Å². The minimum absolute atomic E-state index is 0.0110. The normalized spacial score (nSPS) is 25.3. The molecule has 6 rings (SSSR count). The number of nitro benzene ring substituents is 1. The van der Waals surface area contributed by atoms with Gasteiger partial charge in [0.1, 0.15) is 5.75 Å². The number of carbonyl (C=O) groups excluding carboxylic acids is 4. The van der Waals surface area contributed by atoms with Gasteiger partial charge in [-0.1, -0.05) is 35.9 Å². The van der Waals surface area contributed by atoms with E-state index in [9.17, 15) is 34.4 Å². The number of non-ortho nitro benzene ring substituents is 1. The highest BCUT2D eigenvalue weighted by Crippen LogP contribution is 2.56. The number of nitro groups is 1. The molecule has 0 aromatic heterocycles. The minimum Gasteiger partial charge on any atom is -0.507 e. The van der Waals surface area contributed by atoms with Crippen molar-refractivity contribution in [1.29, 1.82) is 0 Å². The van der Waals surface area contributed by atoms with Crippen molar-refractivity contribution in [2.75, 3.05) is 4.90 Å². The molecule has 2 aromatic rings. The third kappa shape index (κ3) is 4.04. The van der Waals surface area contributed by atoms with Gasteiger partial charge in [0, 0.05) is 40.8 Å². The summed E-state index contributed by atoms with van der Waals surface area (Å²) in [6.07, 6.45) is 5.48. The number of hydrogen-bond donors (Lipinski definition) is 1. The van der Waals surface area contributed by atoms with Crippen LogP contribution < -0.4 is 4.90 Å². The molecule has 1 fully saturated rings. The van der Waals surface area contributed by atoms with Gasteiger partial charge in [0.2, 0.25) is 11.8 Å². The number of benzene rings is 2. The average Bonchev–Trinajstić information content (AvgIpc) is 3.21. The third-order valence-corrected chi connectivity index (χ3v) is 9.07. The van der Waals surface area contributed by atoms with Gasteiger partial charge >= 0.3 is 0 Å². The number of anilines is 1. The number of halogens is 1. The number of phenolic OH excluding ortho intramolecular Hbond substituents is 1.